The second-order valence-corrected chi connectivity index (χ2v) is 5.97. The van der Waals surface area contributed by atoms with Crippen LogP contribution in [0.1, 0.15) is 60.8 Å². The van der Waals surface area contributed by atoms with Gasteiger partial charge in [-0.1, -0.05) is 48.0 Å². The SMILES string of the molecule is CC(C)(C)CCCC(C)(C)C.[Ir+3]. The van der Waals surface area contributed by atoms with Crippen molar-refractivity contribution in [3.63, 3.8) is 0 Å². The van der Waals surface area contributed by atoms with Gasteiger partial charge in [0.15, 0.2) is 0 Å². The van der Waals surface area contributed by atoms with Crippen LogP contribution in [0.25, 0.3) is 0 Å². The third kappa shape index (κ3) is 13.3. The molecule has 0 bridgehead atoms. The van der Waals surface area contributed by atoms with Crippen molar-refractivity contribution in [1.82, 2.24) is 0 Å². The molecule has 0 radical (unpaired) electrons. The Morgan fingerprint density at radius 2 is 0.917 bits per heavy atom. The topological polar surface area (TPSA) is 0 Å². The summed E-state index contributed by atoms with van der Waals surface area (Å²) >= 11 is 0. The molecule has 0 aliphatic rings. The van der Waals surface area contributed by atoms with Gasteiger partial charge in [0.1, 0.15) is 0 Å². The molecule has 0 saturated carbocycles. The summed E-state index contributed by atoms with van der Waals surface area (Å²) in [7, 11) is 0. The summed E-state index contributed by atoms with van der Waals surface area (Å²) in [6, 6.07) is 0. The zero-order chi connectivity index (χ0) is 9.12. The zero-order valence-electron chi connectivity index (χ0n) is 9.45. The largest absolute Gasteiger partial charge is 3.00 e. The first-order valence-electron chi connectivity index (χ1n) is 4.71. The minimum absolute atomic E-state index is 0. The van der Waals surface area contributed by atoms with Gasteiger partial charge in [-0.3, -0.25) is 0 Å². The minimum atomic E-state index is 0. The first kappa shape index (κ1) is 15.1. The van der Waals surface area contributed by atoms with Crippen LogP contribution in [-0.4, -0.2) is 0 Å². The van der Waals surface area contributed by atoms with Crippen LogP contribution >= 0.6 is 0 Å². The zero-order valence-corrected chi connectivity index (χ0v) is 11.8. The Kier molecular flexibility index (Phi) is 6.80. The number of hydrogen-bond donors (Lipinski definition) is 0. The molecule has 0 aliphatic heterocycles. The maximum Gasteiger partial charge on any atom is 3.00 e. The van der Waals surface area contributed by atoms with E-state index in [-0.39, 0.29) is 20.1 Å². The quantitative estimate of drug-likeness (QED) is 0.700. The van der Waals surface area contributed by atoms with E-state index in [2.05, 4.69) is 41.5 Å². The Bertz CT molecular complexity index is 89.2. The van der Waals surface area contributed by atoms with Gasteiger partial charge in [-0.25, -0.2) is 0 Å². The molecule has 0 rings (SSSR count). The summed E-state index contributed by atoms with van der Waals surface area (Å²) in [6.07, 6.45) is 4.07. The van der Waals surface area contributed by atoms with Gasteiger partial charge in [0, 0.05) is 0 Å². The molecule has 0 fully saturated rings. The minimum Gasteiger partial charge on any atom is -0.0602 e. The van der Waals surface area contributed by atoms with Gasteiger partial charge in [0.2, 0.25) is 0 Å². The Labute approximate surface area is 91.9 Å². The average Bonchev–Trinajstić information content (AvgIpc) is 1.55. The van der Waals surface area contributed by atoms with Crippen molar-refractivity contribution in [3.8, 4) is 0 Å². The van der Waals surface area contributed by atoms with Crippen molar-refractivity contribution in [2.45, 2.75) is 60.8 Å². The van der Waals surface area contributed by atoms with E-state index in [0.29, 0.717) is 10.8 Å². The Hall–Kier alpha value is 0.649. The molecule has 0 aromatic rings. The first-order chi connectivity index (χ1) is 4.71. The van der Waals surface area contributed by atoms with Crippen LogP contribution in [0.2, 0.25) is 0 Å². The number of rotatable bonds is 2. The fraction of sp³-hybridized carbons (Fsp3) is 1.00. The Morgan fingerprint density at radius 3 is 1.08 bits per heavy atom. The van der Waals surface area contributed by atoms with Crippen molar-refractivity contribution in [2.24, 2.45) is 10.8 Å². The third-order valence-electron chi connectivity index (χ3n) is 1.85. The van der Waals surface area contributed by atoms with E-state index in [1.165, 1.54) is 19.3 Å². The van der Waals surface area contributed by atoms with Crippen LogP contribution in [0.15, 0.2) is 0 Å². The van der Waals surface area contributed by atoms with E-state index in [4.69, 9.17) is 0 Å². The maximum atomic E-state index is 2.32. The Morgan fingerprint density at radius 1 is 0.667 bits per heavy atom. The van der Waals surface area contributed by atoms with Gasteiger partial charge in [-0.05, 0) is 23.7 Å². The van der Waals surface area contributed by atoms with Crippen LogP contribution in [0.5, 0.6) is 0 Å². The summed E-state index contributed by atoms with van der Waals surface area (Å²) < 4.78 is 0. The molecule has 0 atom stereocenters. The second-order valence-electron chi connectivity index (χ2n) is 5.97. The van der Waals surface area contributed by atoms with Crippen LogP contribution in [-0.2, 0) is 20.1 Å². The van der Waals surface area contributed by atoms with Crippen molar-refractivity contribution >= 4 is 0 Å². The molecular formula is C11H24Ir+3. The van der Waals surface area contributed by atoms with Gasteiger partial charge in [-0.2, -0.15) is 0 Å². The number of hydrogen-bond acceptors (Lipinski definition) is 0. The van der Waals surface area contributed by atoms with Crippen LogP contribution < -0.4 is 0 Å². The fourth-order valence-electron chi connectivity index (χ4n) is 1.15. The van der Waals surface area contributed by atoms with Gasteiger partial charge < -0.3 is 0 Å². The molecular weight excluding hydrogens is 324 g/mol. The van der Waals surface area contributed by atoms with Gasteiger partial charge in [-0.15, -0.1) is 0 Å². The van der Waals surface area contributed by atoms with E-state index in [9.17, 15) is 0 Å². The molecule has 74 valence electrons. The molecule has 0 nitrogen and oxygen atoms in total. The monoisotopic (exact) mass is 349 g/mol. The summed E-state index contributed by atoms with van der Waals surface area (Å²) in [6.45, 7) is 13.9. The third-order valence-corrected chi connectivity index (χ3v) is 1.85. The van der Waals surface area contributed by atoms with E-state index in [1.807, 2.05) is 0 Å². The molecule has 12 heavy (non-hydrogen) atoms. The summed E-state index contributed by atoms with van der Waals surface area (Å²) in [4.78, 5) is 0. The molecule has 0 N–H and O–H groups in total. The predicted octanol–water partition coefficient (Wildman–Crippen LogP) is 4.25. The molecule has 0 aliphatic carbocycles. The van der Waals surface area contributed by atoms with Crippen LogP contribution in [0.4, 0.5) is 0 Å². The van der Waals surface area contributed by atoms with Crippen molar-refractivity contribution in [2.75, 3.05) is 0 Å². The molecule has 0 spiro atoms. The Balaban J connectivity index is 0. The van der Waals surface area contributed by atoms with Crippen LogP contribution in [0.3, 0.4) is 0 Å². The second kappa shape index (κ2) is 5.39. The van der Waals surface area contributed by atoms with E-state index in [1.54, 1.807) is 0 Å². The van der Waals surface area contributed by atoms with Crippen LogP contribution in [0, 0.1) is 10.8 Å². The predicted molar refractivity (Wildman–Crippen MR) is 52.8 cm³/mol. The standard InChI is InChI=1S/C11H24.Ir/c1-10(2,3)8-7-9-11(4,5)6;/h7-9H2,1-6H3;/q;+3. The van der Waals surface area contributed by atoms with E-state index >= 15 is 0 Å². The molecule has 0 aromatic heterocycles. The van der Waals surface area contributed by atoms with Gasteiger partial charge in [0.25, 0.3) is 0 Å². The maximum absolute atomic E-state index is 2.32. The molecule has 0 heterocycles. The molecule has 1 heteroatoms. The smallest absolute Gasteiger partial charge is 0.0602 e. The van der Waals surface area contributed by atoms with Gasteiger partial charge in [0.05, 0.1) is 0 Å². The summed E-state index contributed by atoms with van der Waals surface area (Å²) in [5.74, 6) is 0. The van der Waals surface area contributed by atoms with Crippen molar-refractivity contribution < 1.29 is 20.1 Å². The summed E-state index contributed by atoms with van der Waals surface area (Å²) in [5.41, 5.74) is 1.04. The fourth-order valence-corrected chi connectivity index (χ4v) is 1.15. The molecule has 0 unspecified atom stereocenters. The normalized spacial score (nSPS) is 12.5. The van der Waals surface area contributed by atoms with E-state index in [0.717, 1.165) is 0 Å². The van der Waals surface area contributed by atoms with E-state index < -0.39 is 0 Å². The molecule has 0 saturated heterocycles. The average molecular weight is 349 g/mol. The van der Waals surface area contributed by atoms with Crippen molar-refractivity contribution in [3.05, 3.63) is 0 Å². The molecule has 0 aromatic carbocycles. The summed E-state index contributed by atoms with van der Waals surface area (Å²) in [5, 5.41) is 0. The first-order valence-corrected chi connectivity index (χ1v) is 4.71. The van der Waals surface area contributed by atoms with Crippen molar-refractivity contribution in [1.29, 1.82) is 0 Å². The molecule has 0 amide bonds. The van der Waals surface area contributed by atoms with Gasteiger partial charge >= 0.3 is 20.1 Å².